The number of rotatable bonds is 0. The fraction of sp³-hybridized carbons (Fsp3) is 0.200. The van der Waals surface area contributed by atoms with Gasteiger partial charge in [0.25, 0.3) is 0 Å². The Morgan fingerprint density at radius 3 is 2.57 bits per heavy atom. The molecule has 0 bridgehead atoms. The van der Waals surface area contributed by atoms with Crippen LogP contribution in [-0.2, 0) is 0 Å². The number of hydrogen-bond donors (Lipinski definition) is 0. The SMILES string of the molecule is [B]c1ccoc1C. The summed E-state index contributed by atoms with van der Waals surface area (Å²) in [6.45, 7) is 1.83. The molecule has 1 rings (SSSR count). The van der Waals surface area contributed by atoms with Gasteiger partial charge in [-0.1, -0.05) is 5.46 Å². The molecule has 0 aliphatic carbocycles. The zero-order valence-corrected chi connectivity index (χ0v) is 4.14. The molecular formula is C5H5BO. The maximum absolute atomic E-state index is 5.35. The fourth-order valence-electron chi connectivity index (χ4n) is 0.395. The molecule has 0 fully saturated rings. The largest absolute Gasteiger partial charge is 0.470 e. The van der Waals surface area contributed by atoms with E-state index in [4.69, 9.17) is 12.3 Å². The molecule has 0 saturated carbocycles. The van der Waals surface area contributed by atoms with Gasteiger partial charge in [0.2, 0.25) is 0 Å². The predicted octanol–water partition coefficient (Wildman–Crippen LogP) is 0.382. The molecule has 0 saturated heterocycles. The average molecular weight is 91.9 g/mol. The van der Waals surface area contributed by atoms with E-state index in [0.29, 0.717) is 0 Å². The Balaban J connectivity index is 3.12. The standard InChI is InChI=1S/C5H5BO/c1-4-5(6)2-3-7-4/h2-3H,1H3. The van der Waals surface area contributed by atoms with E-state index < -0.39 is 0 Å². The van der Waals surface area contributed by atoms with Crippen LogP contribution in [-0.4, -0.2) is 7.85 Å². The highest BCUT2D eigenvalue weighted by Gasteiger charge is 1.88. The third-order valence-corrected chi connectivity index (χ3v) is 0.899. The lowest BCUT2D eigenvalue weighted by Crippen LogP contribution is -1.99. The minimum Gasteiger partial charge on any atom is -0.470 e. The maximum Gasteiger partial charge on any atom is 0.118 e. The summed E-state index contributed by atoms with van der Waals surface area (Å²) >= 11 is 0. The van der Waals surface area contributed by atoms with Crippen LogP contribution in [0.1, 0.15) is 5.76 Å². The Morgan fingerprint density at radius 2 is 2.43 bits per heavy atom. The first-order valence-electron chi connectivity index (χ1n) is 2.10. The van der Waals surface area contributed by atoms with E-state index in [1.165, 1.54) is 0 Å². The van der Waals surface area contributed by atoms with E-state index in [1.807, 2.05) is 6.92 Å². The minimum atomic E-state index is 0.722. The molecule has 0 aliphatic rings. The van der Waals surface area contributed by atoms with Crippen molar-refractivity contribution in [3.63, 3.8) is 0 Å². The second-order valence-corrected chi connectivity index (χ2v) is 1.43. The van der Waals surface area contributed by atoms with Gasteiger partial charge in [0.1, 0.15) is 7.85 Å². The van der Waals surface area contributed by atoms with E-state index in [0.717, 1.165) is 11.2 Å². The second kappa shape index (κ2) is 1.45. The Bertz CT molecular complexity index is 140. The highest BCUT2D eigenvalue weighted by atomic mass is 16.3. The molecule has 1 aromatic heterocycles. The van der Waals surface area contributed by atoms with E-state index in [1.54, 1.807) is 12.3 Å². The lowest BCUT2D eigenvalue weighted by Gasteiger charge is -1.79. The third kappa shape index (κ3) is 0.685. The van der Waals surface area contributed by atoms with Crippen molar-refractivity contribution in [2.75, 3.05) is 0 Å². The average Bonchev–Trinajstić information content (AvgIpc) is 1.91. The molecule has 34 valence electrons. The first-order valence-corrected chi connectivity index (χ1v) is 2.10. The predicted molar refractivity (Wildman–Crippen MR) is 28.8 cm³/mol. The van der Waals surface area contributed by atoms with E-state index in [-0.39, 0.29) is 0 Å². The van der Waals surface area contributed by atoms with Crippen LogP contribution in [0.4, 0.5) is 0 Å². The summed E-state index contributed by atoms with van der Waals surface area (Å²) in [5.74, 6) is 0.792. The van der Waals surface area contributed by atoms with Crippen molar-refractivity contribution in [2.45, 2.75) is 6.92 Å². The molecule has 0 aliphatic heterocycles. The van der Waals surface area contributed by atoms with Gasteiger partial charge in [-0.25, -0.2) is 0 Å². The minimum absolute atomic E-state index is 0.722. The summed E-state index contributed by atoms with van der Waals surface area (Å²) in [4.78, 5) is 0. The molecule has 0 aromatic carbocycles. The van der Waals surface area contributed by atoms with Gasteiger partial charge in [-0.05, 0) is 13.0 Å². The van der Waals surface area contributed by atoms with Crippen LogP contribution in [0.3, 0.4) is 0 Å². The van der Waals surface area contributed by atoms with E-state index in [2.05, 4.69) is 0 Å². The molecule has 7 heavy (non-hydrogen) atoms. The molecule has 0 spiro atoms. The zero-order valence-electron chi connectivity index (χ0n) is 4.14. The molecular weight excluding hydrogens is 86.9 g/mol. The van der Waals surface area contributed by atoms with E-state index >= 15 is 0 Å². The van der Waals surface area contributed by atoms with Crippen LogP contribution < -0.4 is 5.46 Å². The summed E-state index contributed by atoms with van der Waals surface area (Å²) < 4.78 is 4.84. The van der Waals surface area contributed by atoms with Crippen molar-refractivity contribution in [1.29, 1.82) is 0 Å². The Labute approximate surface area is 43.7 Å². The van der Waals surface area contributed by atoms with Crippen molar-refractivity contribution < 1.29 is 4.42 Å². The second-order valence-electron chi connectivity index (χ2n) is 1.43. The number of aryl methyl sites for hydroxylation is 1. The monoisotopic (exact) mass is 92.0 g/mol. The van der Waals surface area contributed by atoms with Gasteiger partial charge in [0.15, 0.2) is 0 Å². The normalized spacial score (nSPS) is 9.29. The van der Waals surface area contributed by atoms with Crippen molar-refractivity contribution in [3.8, 4) is 0 Å². The number of furan rings is 1. The molecule has 0 amide bonds. The van der Waals surface area contributed by atoms with Crippen LogP contribution in [0.5, 0.6) is 0 Å². The smallest absolute Gasteiger partial charge is 0.118 e. The van der Waals surface area contributed by atoms with Gasteiger partial charge in [-0.3, -0.25) is 0 Å². The van der Waals surface area contributed by atoms with Gasteiger partial charge >= 0.3 is 0 Å². The molecule has 2 radical (unpaired) electrons. The molecule has 1 nitrogen and oxygen atoms in total. The Morgan fingerprint density at radius 1 is 1.71 bits per heavy atom. The van der Waals surface area contributed by atoms with Crippen molar-refractivity contribution >= 4 is 13.3 Å². The molecule has 1 heterocycles. The molecule has 0 unspecified atom stereocenters. The molecule has 2 heteroatoms. The van der Waals surface area contributed by atoms with Crippen LogP contribution in [0.2, 0.25) is 0 Å². The first-order chi connectivity index (χ1) is 3.30. The molecule has 0 atom stereocenters. The van der Waals surface area contributed by atoms with Gasteiger partial charge < -0.3 is 4.42 Å². The fourth-order valence-corrected chi connectivity index (χ4v) is 0.395. The highest BCUT2D eigenvalue weighted by molar-refractivity contribution is 6.32. The topological polar surface area (TPSA) is 13.1 Å². The highest BCUT2D eigenvalue weighted by Crippen LogP contribution is 1.89. The maximum atomic E-state index is 5.35. The summed E-state index contributed by atoms with van der Waals surface area (Å²) in [5, 5.41) is 0. The quantitative estimate of drug-likeness (QED) is 0.421. The van der Waals surface area contributed by atoms with Gasteiger partial charge in [-0.15, -0.1) is 0 Å². The van der Waals surface area contributed by atoms with Crippen molar-refractivity contribution in [3.05, 3.63) is 18.1 Å². The lowest BCUT2D eigenvalue weighted by molar-refractivity contribution is 0.536. The summed E-state index contributed by atoms with van der Waals surface area (Å²) in [5.41, 5.74) is 0.722. The Hall–Kier alpha value is -0.655. The lowest BCUT2D eigenvalue weighted by atomic mass is 9.98. The Kier molecular flexibility index (Phi) is 0.932. The van der Waals surface area contributed by atoms with Gasteiger partial charge in [0.05, 0.1) is 12.0 Å². The van der Waals surface area contributed by atoms with E-state index in [9.17, 15) is 0 Å². The van der Waals surface area contributed by atoms with Crippen molar-refractivity contribution in [1.82, 2.24) is 0 Å². The third-order valence-electron chi connectivity index (χ3n) is 0.899. The van der Waals surface area contributed by atoms with Crippen molar-refractivity contribution in [2.24, 2.45) is 0 Å². The van der Waals surface area contributed by atoms with Gasteiger partial charge in [-0.2, -0.15) is 0 Å². The first kappa shape index (κ1) is 4.50. The summed E-state index contributed by atoms with van der Waals surface area (Å²) in [6.07, 6.45) is 1.57. The van der Waals surface area contributed by atoms with Crippen LogP contribution >= 0.6 is 0 Å². The van der Waals surface area contributed by atoms with Gasteiger partial charge in [0, 0.05) is 0 Å². The van der Waals surface area contributed by atoms with Crippen LogP contribution in [0.15, 0.2) is 16.7 Å². The zero-order chi connectivity index (χ0) is 5.28. The number of hydrogen-bond acceptors (Lipinski definition) is 1. The molecule has 1 aromatic rings. The summed E-state index contributed by atoms with van der Waals surface area (Å²) in [6, 6.07) is 1.73. The van der Waals surface area contributed by atoms with Crippen LogP contribution in [0.25, 0.3) is 0 Å². The molecule has 0 N–H and O–H groups in total. The summed E-state index contributed by atoms with van der Waals surface area (Å²) in [7, 11) is 5.35. The van der Waals surface area contributed by atoms with Crippen LogP contribution in [0, 0.1) is 6.92 Å².